The first-order chi connectivity index (χ1) is 10.7. The summed E-state index contributed by atoms with van der Waals surface area (Å²) in [6.45, 7) is 6.54. The minimum Gasteiger partial charge on any atom is -0.493 e. The lowest BCUT2D eigenvalue weighted by Crippen LogP contribution is -3.27. The van der Waals surface area contributed by atoms with Crippen molar-refractivity contribution in [2.45, 2.75) is 6.54 Å². The molecule has 0 radical (unpaired) electrons. The highest BCUT2D eigenvalue weighted by Crippen LogP contribution is 2.37. The van der Waals surface area contributed by atoms with Crippen LogP contribution in [0.5, 0.6) is 17.2 Å². The van der Waals surface area contributed by atoms with Crippen molar-refractivity contribution in [2.24, 2.45) is 0 Å². The fourth-order valence-electron chi connectivity index (χ4n) is 3.07. The Balaban J connectivity index is 2.04. The van der Waals surface area contributed by atoms with Gasteiger partial charge in [-0.2, -0.15) is 0 Å². The summed E-state index contributed by atoms with van der Waals surface area (Å²) >= 11 is 0. The zero-order chi connectivity index (χ0) is 15.9. The van der Waals surface area contributed by atoms with Crippen LogP contribution in [0.15, 0.2) is 12.1 Å². The average molecular weight is 312 g/mol. The van der Waals surface area contributed by atoms with Gasteiger partial charge in [-0.3, -0.25) is 0 Å². The molecule has 6 heteroatoms. The summed E-state index contributed by atoms with van der Waals surface area (Å²) in [5.74, 6) is 2.06. The summed E-state index contributed by atoms with van der Waals surface area (Å²) in [6.07, 6.45) is 0. The summed E-state index contributed by atoms with van der Waals surface area (Å²) < 4.78 is 16.2. The van der Waals surface area contributed by atoms with E-state index in [1.165, 1.54) is 10.5 Å². The predicted molar refractivity (Wildman–Crippen MR) is 83.1 cm³/mol. The van der Waals surface area contributed by atoms with Gasteiger partial charge in [-0.15, -0.1) is 0 Å². The summed E-state index contributed by atoms with van der Waals surface area (Å²) in [6, 6.07) is 4.06. The number of benzene rings is 1. The van der Waals surface area contributed by atoms with Gasteiger partial charge in [-0.1, -0.05) is 0 Å². The Morgan fingerprint density at radius 2 is 1.45 bits per heavy atom. The molecule has 0 spiro atoms. The number of nitrogens with one attached hydrogen (secondary N) is 2. The minimum atomic E-state index is 0.275. The van der Waals surface area contributed by atoms with Crippen LogP contribution in [0.4, 0.5) is 0 Å². The van der Waals surface area contributed by atoms with E-state index in [2.05, 4.69) is 0 Å². The van der Waals surface area contributed by atoms with E-state index in [0.29, 0.717) is 17.2 Å². The standard InChI is InChI=1S/C16H26N2O4/c1-20-14-10-13(11-15(21-2)16(14)22-3)12-18-6-4-17(5-7-18)8-9-19/h10-11,19H,4-9,12H2,1-3H3/p+2. The van der Waals surface area contributed by atoms with Gasteiger partial charge < -0.3 is 29.1 Å². The van der Waals surface area contributed by atoms with E-state index in [1.54, 1.807) is 26.2 Å². The lowest BCUT2D eigenvalue weighted by Gasteiger charge is -2.29. The number of quaternary nitrogens is 2. The van der Waals surface area contributed by atoms with Gasteiger partial charge in [-0.25, -0.2) is 0 Å². The van der Waals surface area contributed by atoms with E-state index in [1.807, 2.05) is 12.1 Å². The van der Waals surface area contributed by atoms with Crippen LogP contribution in [0, 0.1) is 0 Å². The first-order valence-corrected chi connectivity index (χ1v) is 7.78. The van der Waals surface area contributed by atoms with Crippen molar-refractivity contribution in [3.05, 3.63) is 17.7 Å². The molecular formula is C16H28N2O4+2. The first kappa shape index (κ1) is 16.9. The molecule has 0 amide bonds. The molecule has 1 aromatic rings. The topological polar surface area (TPSA) is 56.8 Å². The zero-order valence-electron chi connectivity index (χ0n) is 13.8. The molecule has 0 atom stereocenters. The first-order valence-electron chi connectivity index (χ1n) is 7.78. The maximum Gasteiger partial charge on any atom is 0.203 e. The van der Waals surface area contributed by atoms with Crippen LogP contribution in [0.25, 0.3) is 0 Å². The van der Waals surface area contributed by atoms with Crippen LogP contribution in [0.2, 0.25) is 0 Å². The Morgan fingerprint density at radius 3 is 1.91 bits per heavy atom. The third-order valence-electron chi connectivity index (χ3n) is 4.31. The summed E-state index contributed by atoms with van der Waals surface area (Å²) in [5, 5.41) is 9.02. The lowest BCUT2D eigenvalue weighted by molar-refractivity contribution is -1.02. The van der Waals surface area contributed by atoms with E-state index in [9.17, 15) is 0 Å². The highest BCUT2D eigenvalue weighted by molar-refractivity contribution is 5.53. The van der Waals surface area contributed by atoms with Crippen LogP contribution in [-0.4, -0.2) is 65.8 Å². The van der Waals surface area contributed by atoms with Gasteiger partial charge >= 0.3 is 0 Å². The molecule has 1 aromatic carbocycles. The number of ether oxygens (including phenoxy) is 3. The Bertz CT molecular complexity index is 448. The molecule has 1 heterocycles. The minimum absolute atomic E-state index is 0.275. The second kappa shape index (κ2) is 8.22. The van der Waals surface area contributed by atoms with E-state index in [4.69, 9.17) is 19.3 Å². The van der Waals surface area contributed by atoms with Gasteiger partial charge in [-0.05, 0) is 12.1 Å². The van der Waals surface area contributed by atoms with Crippen molar-refractivity contribution < 1.29 is 29.1 Å². The molecule has 0 bridgehead atoms. The van der Waals surface area contributed by atoms with Gasteiger partial charge in [0.1, 0.15) is 39.3 Å². The molecular weight excluding hydrogens is 284 g/mol. The van der Waals surface area contributed by atoms with Crippen molar-refractivity contribution in [2.75, 3.05) is 60.7 Å². The molecule has 0 aliphatic carbocycles. The monoisotopic (exact) mass is 312 g/mol. The number of rotatable bonds is 7. The van der Waals surface area contributed by atoms with Crippen LogP contribution in [-0.2, 0) is 6.54 Å². The molecule has 22 heavy (non-hydrogen) atoms. The van der Waals surface area contributed by atoms with Crippen molar-refractivity contribution in [1.29, 1.82) is 0 Å². The molecule has 3 N–H and O–H groups in total. The van der Waals surface area contributed by atoms with Gasteiger partial charge in [0, 0.05) is 5.56 Å². The fourth-order valence-corrected chi connectivity index (χ4v) is 3.07. The van der Waals surface area contributed by atoms with E-state index >= 15 is 0 Å². The molecule has 2 rings (SSSR count). The largest absolute Gasteiger partial charge is 0.493 e. The van der Waals surface area contributed by atoms with Crippen molar-refractivity contribution in [3.8, 4) is 17.2 Å². The van der Waals surface area contributed by atoms with Gasteiger partial charge in [0.15, 0.2) is 11.5 Å². The average Bonchev–Trinajstić information content (AvgIpc) is 2.56. The zero-order valence-corrected chi connectivity index (χ0v) is 13.8. The Kier molecular flexibility index (Phi) is 6.30. The predicted octanol–water partition coefficient (Wildman–Crippen LogP) is -2.01. The number of hydrogen-bond donors (Lipinski definition) is 3. The van der Waals surface area contributed by atoms with Crippen LogP contribution in [0.3, 0.4) is 0 Å². The summed E-state index contributed by atoms with van der Waals surface area (Å²) in [5.41, 5.74) is 1.19. The van der Waals surface area contributed by atoms with Crippen LogP contribution in [0.1, 0.15) is 5.56 Å². The van der Waals surface area contributed by atoms with Gasteiger partial charge in [0.25, 0.3) is 0 Å². The maximum atomic E-state index is 9.02. The maximum absolute atomic E-state index is 9.02. The van der Waals surface area contributed by atoms with E-state index in [0.717, 1.165) is 39.3 Å². The van der Waals surface area contributed by atoms with Gasteiger partial charge in [0.05, 0.1) is 27.9 Å². The molecule has 0 aromatic heterocycles. The Hall–Kier alpha value is -1.50. The third kappa shape index (κ3) is 4.03. The second-order valence-corrected chi connectivity index (χ2v) is 5.68. The summed E-state index contributed by atoms with van der Waals surface area (Å²) in [7, 11) is 4.91. The molecule has 1 aliphatic rings. The molecule has 1 fully saturated rings. The van der Waals surface area contributed by atoms with Crippen molar-refractivity contribution >= 4 is 0 Å². The van der Waals surface area contributed by atoms with Gasteiger partial charge in [0.2, 0.25) is 5.75 Å². The van der Waals surface area contributed by atoms with Crippen molar-refractivity contribution in [3.63, 3.8) is 0 Å². The molecule has 0 saturated carbocycles. The number of piperazine rings is 1. The van der Waals surface area contributed by atoms with Crippen LogP contribution >= 0.6 is 0 Å². The van der Waals surface area contributed by atoms with Crippen LogP contribution < -0.4 is 24.0 Å². The number of hydrogen-bond acceptors (Lipinski definition) is 4. The smallest absolute Gasteiger partial charge is 0.203 e. The highest BCUT2D eigenvalue weighted by atomic mass is 16.5. The molecule has 124 valence electrons. The number of methoxy groups -OCH3 is 3. The Labute approximate surface area is 132 Å². The third-order valence-corrected chi connectivity index (χ3v) is 4.31. The van der Waals surface area contributed by atoms with Crippen molar-refractivity contribution in [1.82, 2.24) is 0 Å². The lowest BCUT2D eigenvalue weighted by atomic mass is 10.1. The molecule has 6 nitrogen and oxygen atoms in total. The van der Waals surface area contributed by atoms with E-state index in [-0.39, 0.29) is 6.61 Å². The fraction of sp³-hybridized carbons (Fsp3) is 0.625. The highest BCUT2D eigenvalue weighted by Gasteiger charge is 2.23. The van der Waals surface area contributed by atoms with E-state index < -0.39 is 0 Å². The normalized spacial score (nSPS) is 21.5. The number of aliphatic hydroxyl groups excluding tert-OH is 1. The molecule has 1 saturated heterocycles. The molecule has 1 aliphatic heterocycles. The molecule has 0 unspecified atom stereocenters. The summed E-state index contributed by atoms with van der Waals surface area (Å²) in [4.78, 5) is 3.05. The SMILES string of the molecule is COc1cc(C[NH+]2CC[NH+](CCO)CC2)cc(OC)c1OC. The quantitative estimate of drug-likeness (QED) is 0.545. The Morgan fingerprint density at radius 1 is 0.909 bits per heavy atom. The second-order valence-electron chi connectivity index (χ2n) is 5.68. The number of aliphatic hydroxyl groups is 1.